The molecule has 2 aromatic rings. The first-order valence-electron chi connectivity index (χ1n) is 7.33. The monoisotopic (exact) mass is 329 g/mol. The number of hydrogen-bond acceptors (Lipinski definition) is 1. The normalized spacial score (nSPS) is 17.2. The van der Waals surface area contributed by atoms with E-state index in [-0.39, 0.29) is 0 Å². The lowest BCUT2D eigenvalue weighted by Gasteiger charge is -2.32. The minimum absolute atomic E-state index is 0.732. The highest BCUT2D eigenvalue weighted by Gasteiger charge is 2.20. The van der Waals surface area contributed by atoms with Gasteiger partial charge in [0.1, 0.15) is 0 Å². The summed E-state index contributed by atoms with van der Waals surface area (Å²) in [6.07, 6.45) is 2.54. The molecule has 0 aliphatic carbocycles. The van der Waals surface area contributed by atoms with Gasteiger partial charge < -0.3 is 0 Å². The Labute approximate surface area is 129 Å². The van der Waals surface area contributed by atoms with Crippen LogP contribution in [-0.4, -0.2) is 18.0 Å². The number of likely N-dealkylation sites (tertiary alicyclic amines) is 1. The number of nitrogens with zero attached hydrogens (tertiary/aromatic N) is 1. The maximum atomic E-state index is 3.51. The summed E-state index contributed by atoms with van der Waals surface area (Å²) in [5.41, 5.74) is 2.92. The topological polar surface area (TPSA) is 3.24 Å². The number of benzene rings is 2. The molecule has 0 aromatic heterocycles. The first-order valence-corrected chi connectivity index (χ1v) is 8.12. The van der Waals surface area contributed by atoms with Gasteiger partial charge in [0, 0.05) is 11.0 Å². The SMILES string of the molecule is Brc1ccc(C2CCN(Cc3ccccc3)CC2)cc1. The maximum absolute atomic E-state index is 3.51. The summed E-state index contributed by atoms with van der Waals surface area (Å²) in [4.78, 5) is 2.57. The molecule has 3 rings (SSSR count). The molecule has 2 aromatic carbocycles. The molecule has 1 nitrogen and oxygen atoms in total. The molecule has 1 heterocycles. The predicted octanol–water partition coefficient (Wildman–Crippen LogP) is 4.83. The van der Waals surface area contributed by atoms with Crippen LogP contribution in [0.3, 0.4) is 0 Å². The van der Waals surface area contributed by atoms with E-state index >= 15 is 0 Å². The smallest absolute Gasteiger partial charge is 0.0233 e. The summed E-state index contributed by atoms with van der Waals surface area (Å²) in [6, 6.07) is 19.6. The van der Waals surface area contributed by atoms with E-state index in [1.54, 1.807) is 0 Å². The highest BCUT2D eigenvalue weighted by Crippen LogP contribution is 2.29. The van der Waals surface area contributed by atoms with E-state index in [1.165, 1.54) is 41.5 Å². The molecule has 2 heteroatoms. The van der Waals surface area contributed by atoms with Gasteiger partial charge in [-0.2, -0.15) is 0 Å². The molecular weight excluding hydrogens is 310 g/mol. The Morgan fingerprint density at radius 3 is 2.20 bits per heavy atom. The Bertz CT molecular complexity index is 527. The van der Waals surface area contributed by atoms with Gasteiger partial charge in [0.2, 0.25) is 0 Å². The van der Waals surface area contributed by atoms with E-state index in [0.29, 0.717) is 0 Å². The molecule has 0 unspecified atom stereocenters. The van der Waals surface area contributed by atoms with Crippen LogP contribution >= 0.6 is 15.9 Å². The molecule has 0 atom stereocenters. The van der Waals surface area contributed by atoms with Crippen LogP contribution in [-0.2, 0) is 6.54 Å². The second-order valence-electron chi connectivity index (χ2n) is 5.59. The highest BCUT2D eigenvalue weighted by atomic mass is 79.9. The lowest BCUT2D eigenvalue weighted by atomic mass is 9.89. The van der Waals surface area contributed by atoms with Gasteiger partial charge in [-0.15, -0.1) is 0 Å². The van der Waals surface area contributed by atoms with Crippen LogP contribution in [0.5, 0.6) is 0 Å². The van der Waals surface area contributed by atoms with E-state index < -0.39 is 0 Å². The first kappa shape index (κ1) is 13.8. The van der Waals surface area contributed by atoms with Crippen LogP contribution in [0.4, 0.5) is 0 Å². The zero-order valence-electron chi connectivity index (χ0n) is 11.6. The van der Waals surface area contributed by atoms with E-state index in [2.05, 4.69) is 75.4 Å². The molecular formula is C18H20BrN. The van der Waals surface area contributed by atoms with Gasteiger partial charge in [-0.3, -0.25) is 4.90 Å². The number of halogens is 1. The Hall–Kier alpha value is -1.12. The fourth-order valence-corrected chi connectivity index (χ4v) is 3.27. The third kappa shape index (κ3) is 3.50. The molecule has 20 heavy (non-hydrogen) atoms. The van der Waals surface area contributed by atoms with Crippen molar-refractivity contribution >= 4 is 15.9 Å². The van der Waals surface area contributed by atoms with Crippen LogP contribution in [0.15, 0.2) is 59.1 Å². The van der Waals surface area contributed by atoms with Gasteiger partial charge in [0.15, 0.2) is 0 Å². The van der Waals surface area contributed by atoms with Gasteiger partial charge in [-0.05, 0) is 55.1 Å². The fourth-order valence-electron chi connectivity index (χ4n) is 3.00. The van der Waals surface area contributed by atoms with Gasteiger partial charge in [-0.1, -0.05) is 58.4 Å². The first-order chi connectivity index (χ1) is 9.81. The van der Waals surface area contributed by atoms with Crippen molar-refractivity contribution in [1.29, 1.82) is 0 Å². The fraction of sp³-hybridized carbons (Fsp3) is 0.333. The third-order valence-electron chi connectivity index (χ3n) is 4.18. The summed E-state index contributed by atoms with van der Waals surface area (Å²) >= 11 is 3.51. The predicted molar refractivity (Wildman–Crippen MR) is 87.8 cm³/mol. The van der Waals surface area contributed by atoms with Crippen molar-refractivity contribution < 1.29 is 0 Å². The van der Waals surface area contributed by atoms with Gasteiger partial charge in [0.25, 0.3) is 0 Å². The minimum Gasteiger partial charge on any atom is -0.299 e. The Balaban J connectivity index is 1.55. The zero-order chi connectivity index (χ0) is 13.8. The molecule has 0 N–H and O–H groups in total. The number of hydrogen-bond donors (Lipinski definition) is 0. The third-order valence-corrected chi connectivity index (χ3v) is 4.71. The molecule has 0 saturated carbocycles. The molecule has 1 aliphatic heterocycles. The van der Waals surface area contributed by atoms with Crippen molar-refractivity contribution in [1.82, 2.24) is 4.90 Å². The quantitative estimate of drug-likeness (QED) is 0.779. The van der Waals surface area contributed by atoms with Gasteiger partial charge in [-0.25, -0.2) is 0 Å². The van der Waals surface area contributed by atoms with E-state index in [0.717, 1.165) is 12.5 Å². The van der Waals surface area contributed by atoms with Gasteiger partial charge >= 0.3 is 0 Å². The average Bonchev–Trinajstić information content (AvgIpc) is 2.50. The lowest BCUT2D eigenvalue weighted by Crippen LogP contribution is -2.32. The summed E-state index contributed by atoms with van der Waals surface area (Å²) in [7, 11) is 0. The molecule has 0 amide bonds. The largest absolute Gasteiger partial charge is 0.299 e. The number of piperidine rings is 1. The minimum atomic E-state index is 0.732. The van der Waals surface area contributed by atoms with Crippen LogP contribution in [0.2, 0.25) is 0 Å². The second kappa shape index (κ2) is 6.55. The van der Waals surface area contributed by atoms with Crippen molar-refractivity contribution in [3.05, 3.63) is 70.2 Å². The lowest BCUT2D eigenvalue weighted by molar-refractivity contribution is 0.204. The average molecular weight is 330 g/mol. The van der Waals surface area contributed by atoms with Crippen LogP contribution in [0, 0.1) is 0 Å². The summed E-state index contributed by atoms with van der Waals surface area (Å²) in [5.74, 6) is 0.732. The van der Waals surface area contributed by atoms with Crippen molar-refractivity contribution in [2.24, 2.45) is 0 Å². The van der Waals surface area contributed by atoms with Gasteiger partial charge in [0.05, 0.1) is 0 Å². The molecule has 1 aliphatic rings. The Morgan fingerprint density at radius 2 is 1.55 bits per heavy atom. The van der Waals surface area contributed by atoms with E-state index in [9.17, 15) is 0 Å². The molecule has 0 radical (unpaired) electrons. The van der Waals surface area contributed by atoms with Crippen molar-refractivity contribution in [2.45, 2.75) is 25.3 Å². The van der Waals surface area contributed by atoms with Crippen LogP contribution in [0.25, 0.3) is 0 Å². The summed E-state index contributed by atoms with van der Waals surface area (Å²) in [5, 5.41) is 0. The number of rotatable bonds is 3. The van der Waals surface area contributed by atoms with E-state index in [1.807, 2.05) is 0 Å². The molecule has 1 saturated heterocycles. The van der Waals surface area contributed by atoms with Crippen molar-refractivity contribution in [2.75, 3.05) is 13.1 Å². The van der Waals surface area contributed by atoms with Crippen LogP contribution in [0.1, 0.15) is 29.9 Å². The van der Waals surface area contributed by atoms with Crippen molar-refractivity contribution in [3.63, 3.8) is 0 Å². The maximum Gasteiger partial charge on any atom is 0.0233 e. The molecule has 1 fully saturated rings. The summed E-state index contributed by atoms with van der Waals surface area (Å²) in [6.45, 7) is 3.50. The molecule has 104 valence electrons. The zero-order valence-corrected chi connectivity index (χ0v) is 13.2. The van der Waals surface area contributed by atoms with E-state index in [4.69, 9.17) is 0 Å². The molecule has 0 spiro atoms. The Morgan fingerprint density at radius 1 is 0.900 bits per heavy atom. The standard InChI is InChI=1S/C18H20BrN/c19-18-8-6-16(7-9-18)17-10-12-20(13-11-17)14-15-4-2-1-3-5-15/h1-9,17H,10-14H2. The highest BCUT2D eigenvalue weighted by molar-refractivity contribution is 9.10. The molecule has 0 bridgehead atoms. The Kier molecular flexibility index (Phi) is 4.54. The summed E-state index contributed by atoms with van der Waals surface area (Å²) < 4.78 is 1.17. The van der Waals surface area contributed by atoms with Crippen molar-refractivity contribution in [3.8, 4) is 0 Å². The second-order valence-corrected chi connectivity index (χ2v) is 6.50. The van der Waals surface area contributed by atoms with Crippen LogP contribution < -0.4 is 0 Å².